The predicted molar refractivity (Wildman–Crippen MR) is 115 cm³/mol. The molecule has 0 spiro atoms. The van der Waals surface area contributed by atoms with Crippen molar-refractivity contribution in [2.24, 2.45) is 5.92 Å². The first-order chi connectivity index (χ1) is 12.3. The van der Waals surface area contributed by atoms with Crippen LogP contribution >= 0.6 is 24.8 Å². The Kier molecular flexibility index (Phi) is 10.0. The average Bonchev–Trinajstić information content (AvgIpc) is 3.16. The fraction of sp³-hybridized carbons (Fsp3) is 0.350. The molecule has 27 heavy (non-hydrogen) atoms. The third-order valence-electron chi connectivity index (χ3n) is 4.52. The van der Waals surface area contributed by atoms with Crippen LogP contribution < -0.4 is 20.7 Å². The van der Waals surface area contributed by atoms with Crippen LogP contribution in [-0.4, -0.2) is 32.7 Å². The highest BCUT2D eigenvalue weighted by molar-refractivity contribution is 6.00. The Labute approximate surface area is 173 Å². The molecule has 3 N–H and O–H groups in total. The molecule has 0 bridgehead atoms. The molecule has 3 rings (SSSR count). The summed E-state index contributed by atoms with van der Waals surface area (Å²) in [5.41, 5.74) is 2.32. The highest BCUT2D eigenvalue weighted by Gasteiger charge is 2.15. The van der Waals surface area contributed by atoms with Gasteiger partial charge in [0.05, 0.1) is 18.4 Å². The molecule has 5 nitrogen and oxygen atoms in total. The minimum atomic E-state index is -0.0445. The Balaban J connectivity index is 0.00000182. The van der Waals surface area contributed by atoms with E-state index in [4.69, 9.17) is 4.74 Å². The number of hydrogen-bond donors (Lipinski definition) is 3. The third kappa shape index (κ3) is 6.61. The van der Waals surface area contributed by atoms with E-state index in [1.807, 2.05) is 48.5 Å². The Morgan fingerprint density at radius 1 is 1.19 bits per heavy atom. The SMILES string of the molecule is COc1cccc(Nc2ccccc2C(=O)NCCC2CCNC2)c1.Cl.Cl. The zero-order valence-corrected chi connectivity index (χ0v) is 17.0. The van der Waals surface area contributed by atoms with Crippen LogP contribution in [0.5, 0.6) is 5.75 Å². The van der Waals surface area contributed by atoms with Gasteiger partial charge in [-0.05, 0) is 56.1 Å². The monoisotopic (exact) mass is 411 g/mol. The zero-order valence-electron chi connectivity index (χ0n) is 15.4. The summed E-state index contributed by atoms with van der Waals surface area (Å²) in [4.78, 5) is 12.6. The van der Waals surface area contributed by atoms with Crippen molar-refractivity contribution < 1.29 is 9.53 Å². The summed E-state index contributed by atoms with van der Waals surface area (Å²) in [6, 6.07) is 15.2. The number of rotatable bonds is 7. The van der Waals surface area contributed by atoms with E-state index in [0.717, 1.165) is 36.6 Å². The highest BCUT2D eigenvalue weighted by atomic mass is 35.5. The maximum Gasteiger partial charge on any atom is 0.253 e. The molecule has 148 valence electrons. The summed E-state index contributed by atoms with van der Waals surface area (Å²) in [6.07, 6.45) is 2.22. The van der Waals surface area contributed by atoms with Gasteiger partial charge in [0.1, 0.15) is 5.75 Å². The number of hydrogen-bond acceptors (Lipinski definition) is 4. The van der Waals surface area contributed by atoms with E-state index in [-0.39, 0.29) is 30.7 Å². The summed E-state index contributed by atoms with van der Waals surface area (Å²) in [7, 11) is 1.64. The van der Waals surface area contributed by atoms with Gasteiger partial charge < -0.3 is 20.7 Å². The molecule has 2 aromatic carbocycles. The second-order valence-corrected chi connectivity index (χ2v) is 6.31. The summed E-state index contributed by atoms with van der Waals surface area (Å²) in [5.74, 6) is 1.40. The van der Waals surface area contributed by atoms with Gasteiger partial charge in [-0.3, -0.25) is 4.79 Å². The van der Waals surface area contributed by atoms with Gasteiger partial charge in [0.15, 0.2) is 0 Å². The number of carbonyl (C=O) groups excluding carboxylic acids is 1. The van der Waals surface area contributed by atoms with Gasteiger partial charge in [0.2, 0.25) is 0 Å². The quantitative estimate of drug-likeness (QED) is 0.643. The average molecular weight is 412 g/mol. The number of benzene rings is 2. The Morgan fingerprint density at radius 2 is 2.00 bits per heavy atom. The lowest BCUT2D eigenvalue weighted by molar-refractivity contribution is 0.0952. The summed E-state index contributed by atoms with van der Waals surface area (Å²) >= 11 is 0. The fourth-order valence-electron chi connectivity index (χ4n) is 3.09. The lowest BCUT2D eigenvalue weighted by atomic mass is 10.1. The highest BCUT2D eigenvalue weighted by Crippen LogP contribution is 2.24. The van der Waals surface area contributed by atoms with Crippen molar-refractivity contribution in [1.29, 1.82) is 0 Å². The van der Waals surface area contributed by atoms with E-state index < -0.39 is 0 Å². The number of amides is 1. The minimum absolute atomic E-state index is 0. The molecule has 1 fully saturated rings. The third-order valence-corrected chi connectivity index (χ3v) is 4.52. The van der Waals surface area contributed by atoms with E-state index in [9.17, 15) is 4.79 Å². The summed E-state index contributed by atoms with van der Waals surface area (Å²) < 4.78 is 5.25. The van der Waals surface area contributed by atoms with Gasteiger partial charge in [-0.25, -0.2) is 0 Å². The van der Waals surface area contributed by atoms with Gasteiger partial charge >= 0.3 is 0 Å². The van der Waals surface area contributed by atoms with Crippen molar-refractivity contribution in [2.75, 3.05) is 32.1 Å². The van der Waals surface area contributed by atoms with E-state index in [1.54, 1.807) is 7.11 Å². The largest absolute Gasteiger partial charge is 0.497 e. The molecule has 0 saturated carbocycles. The molecule has 1 heterocycles. The van der Waals surface area contributed by atoms with Crippen LogP contribution in [0, 0.1) is 5.92 Å². The van der Waals surface area contributed by atoms with Crippen molar-refractivity contribution in [1.82, 2.24) is 10.6 Å². The minimum Gasteiger partial charge on any atom is -0.497 e. The Hall–Kier alpha value is -1.95. The summed E-state index contributed by atoms with van der Waals surface area (Å²) in [6.45, 7) is 2.86. The van der Waals surface area contributed by atoms with Crippen LogP contribution in [0.2, 0.25) is 0 Å². The second kappa shape index (κ2) is 11.7. The topological polar surface area (TPSA) is 62.4 Å². The Bertz CT molecular complexity index is 722. The van der Waals surface area contributed by atoms with Crippen LogP contribution in [0.1, 0.15) is 23.2 Å². The van der Waals surface area contributed by atoms with Crippen molar-refractivity contribution in [3.05, 3.63) is 54.1 Å². The van der Waals surface area contributed by atoms with E-state index in [2.05, 4.69) is 16.0 Å². The predicted octanol–water partition coefficient (Wildman–Crippen LogP) is 4.01. The van der Waals surface area contributed by atoms with Crippen LogP contribution in [0.4, 0.5) is 11.4 Å². The Morgan fingerprint density at radius 3 is 2.74 bits per heavy atom. The van der Waals surface area contributed by atoms with Gasteiger partial charge in [0, 0.05) is 18.3 Å². The fourth-order valence-corrected chi connectivity index (χ4v) is 3.09. The number of halogens is 2. The second-order valence-electron chi connectivity index (χ2n) is 6.31. The van der Waals surface area contributed by atoms with Crippen molar-refractivity contribution in [3.63, 3.8) is 0 Å². The molecule has 1 aliphatic heterocycles. The molecule has 1 aliphatic rings. The first-order valence-electron chi connectivity index (χ1n) is 8.75. The first-order valence-corrected chi connectivity index (χ1v) is 8.75. The number of para-hydroxylation sites is 1. The maximum atomic E-state index is 12.6. The smallest absolute Gasteiger partial charge is 0.253 e. The van der Waals surface area contributed by atoms with E-state index in [1.165, 1.54) is 6.42 Å². The number of anilines is 2. The number of nitrogens with one attached hydrogen (secondary N) is 3. The van der Waals surface area contributed by atoms with Gasteiger partial charge in [-0.15, -0.1) is 24.8 Å². The first kappa shape index (κ1) is 23.1. The van der Waals surface area contributed by atoms with Crippen LogP contribution in [0.15, 0.2) is 48.5 Å². The van der Waals surface area contributed by atoms with Crippen molar-refractivity contribution in [3.8, 4) is 5.75 Å². The lowest BCUT2D eigenvalue weighted by Crippen LogP contribution is -2.27. The standard InChI is InChI=1S/C20H25N3O2.2ClH/c1-25-17-6-4-5-16(13-17)23-19-8-3-2-7-18(19)20(24)22-12-10-15-9-11-21-14-15;;/h2-8,13,15,21,23H,9-12,14H2,1H3,(H,22,24);2*1H. The molecule has 1 saturated heterocycles. The zero-order chi connectivity index (χ0) is 17.5. The molecular weight excluding hydrogens is 385 g/mol. The van der Waals surface area contributed by atoms with Crippen molar-refractivity contribution in [2.45, 2.75) is 12.8 Å². The normalized spacial score (nSPS) is 15.2. The van der Waals surface area contributed by atoms with Gasteiger partial charge in [-0.2, -0.15) is 0 Å². The molecule has 2 aromatic rings. The molecule has 0 aromatic heterocycles. The van der Waals surface area contributed by atoms with Gasteiger partial charge in [0.25, 0.3) is 5.91 Å². The molecule has 0 aliphatic carbocycles. The summed E-state index contributed by atoms with van der Waals surface area (Å²) in [5, 5.41) is 9.71. The number of methoxy groups -OCH3 is 1. The molecule has 1 unspecified atom stereocenters. The molecular formula is C20H27Cl2N3O2. The maximum absolute atomic E-state index is 12.6. The van der Waals surface area contributed by atoms with Crippen LogP contribution in [0.3, 0.4) is 0 Å². The van der Waals surface area contributed by atoms with Crippen molar-refractivity contribution >= 4 is 42.1 Å². The van der Waals surface area contributed by atoms with Crippen LogP contribution in [-0.2, 0) is 0 Å². The molecule has 1 atom stereocenters. The lowest BCUT2D eigenvalue weighted by Gasteiger charge is -2.14. The van der Waals surface area contributed by atoms with E-state index >= 15 is 0 Å². The molecule has 1 amide bonds. The molecule has 0 radical (unpaired) electrons. The van der Waals surface area contributed by atoms with Crippen LogP contribution in [0.25, 0.3) is 0 Å². The van der Waals surface area contributed by atoms with E-state index in [0.29, 0.717) is 18.0 Å². The van der Waals surface area contributed by atoms with Gasteiger partial charge in [-0.1, -0.05) is 18.2 Å². The number of ether oxygens (including phenoxy) is 1. The number of carbonyl (C=O) groups is 1. The molecule has 7 heteroatoms.